The summed E-state index contributed by atoms with van der Waals surface area (Å²) < 4.78 is 1.82. The number of hydrogen-bond acceptors (Lipinski definition) is 2. The average Bonchev–Trinajstić information content (AvgIpc) is 2.73. The molecule has 0 bridgehead atoms. The quantitative estimate of drug-likeness (QED) is 0.800. The van der Waals surface area contributed by atoms with Gasteiger partial charge in [0.15, 0.2) is 0 Å². The monoisotopic (exact) mass is 299 g/mol. The van der Waals surface area contributed by atoms with Crippen molar-refractivity contribution in [3.05, 3.63) is 64.4 Å². The van der Waals surface area contributed by atoms with Crippen LogP contribution < -0.4 is 5.73 Å². The van der Waals surface area contributed by atoms with Crippen molar-refractivity contribution in [2.45, 2.75) is 19.4 Å². The topological polar surface area (TPSA) is 43.8 Å². The van der Waals surface area contributed by atoms with E-state index in [-0.39, 0.29) is 6.04 Å². The van der Waals surface area contributed by atoms with Gasteiger partial charge in [-0.1, -0.05) is 54.1 Å². The van der Waals surface area contributed by atoms with Crippen molar-refractivity contribution in [3.63, 3.8) is 0 Å². The molecule has 1 unspecified atom stereocenters. The highest BCUT2D eigenvalue weighted by Crippen LogP contribution is 2.28. The van der Waals surface area contributed by atoms with E-state index >= 15 is 0 Å². The van der Waals surface area contributed by atoms with Gasteiger partial charge in [-0.05, 0) is 23.3 Å². The lowest BCUT2D eigenvalue weighted by molar-refractivity contribution is 0.642. The molecule has 2 aromatic carbocycles. The minimum Gasteiger partial charge on any atom is -0.324 e. The van der Waals surface area contributed by atoms with Crippen LogP contribution in [0.15, 0.2) is 42.5 Å². The summed E-state index contributed by atoms with van der Waals surface area (Å²) >= 11 is 6.32. The van der Waals surface area contributed by atoms with Crippen LogP contribution in [0.1, 0.15) is 23.0 Å². The second-order valence-corrected chi connectivity index (χ2v) is 5.73. The molecular weight excluding hydrogens is 282 g/mol. The molecule has 3 rings (SSSR count). The Labute approximate surface area is 129 Å². The first kappa shape index (κ1) is 14.1. The molecule has 0 radical (unpaired) electrons. The van der Waals surface area contributed by atoms with Gasteiger partial charge < -0.3 is 5.73 Å². The Morgan fingerprint density at radius 3 is 2.62 bits per heavy atom. The van der Waals surface area contributed by atoms with E-state index in [4.69, 9.17) is 17.3 Å². The maximum atomic E-state index is 6.44. The molecule has 0 aliphatic heterocycles. The summed E-state index contributed by atoms with van der Waals surface area (Å²) in [7, 11) is 1.91. The van der Waals surface area contributed by atoms with Crippen LogP contribution in [0, 0.1) is 6.92 Å². The van der Waals surface area contributed by atoms with Crippen LogP contribution in [0.5, 0.6) is 0 Å². The van der Waals surface area contributed by atoms with Crippen molar-refractivity contribution in [2.24, 2.45) is 12.8 Å². The third-order valence-corrected chi connectivity index (χ3v) is 4.39. The molecule has 3 nitrogen and oxygen atoms in total. The second-order valence-electron chi connectivity index (χ2n) is 5.35. The summed E-state index contributed by atoms with van der Waals surface area (Å²) in [6.07, 6.45) is 0.671. The maximum Gasteiger partial charge on any atom is 0.0847 e. The van der Waals surface area contributed by atoms with Crippen LogP contribution in [0.25, 0.3) is 10.8 Å². The normalized spacial score (nSPS) is 12.8. The summed E-state index contributed by atoms with van der Waals surface area (Å²) in [6, 6.07) is 14.4. The van der Waals surface area contributed by atoms with E-state index in [1.165, 1.54) is 10.8 Å². The number of halogens is 1. The summed E-state index contributed by atoms with van der Waals surface area (Å²) in [6.45, 7) is 1.91. The van der Waals surface area contributed by atoms with Gasteiger partial charge in [-0.2, -0.15) is 5.10 Å². The molecule has 21 heavy (non-hydrogen) atoms. The standard InChI is InChI=1S/C17H18ClN3/c1-11-17(18)16(21(2)20-11)10-15(19)14-9-5-7-12-6-3-4-8-13(12)14/h3-9,15H,10,19H2,1-2H3. The van der Waals surface area contributed by atoms with E-state index in [1.54, 1.807) is 0 Å². The molecule has 0 aliphatic carbocycles. The number of aromatic nitrogens is 2. The van der Waals surface area contributed by atoms with Gasteiger partial charge in [0.25, 0.3) is 0 Å². The third-order valence-electron chi connectivity index (χ3n) is 3.90. The van der Waals surface area contributed by atoms with Crippen LogP contribution in [0.2, 0.25) is 5.02 Å². The molecule has 4 heteroatoms. The van der Waals surface area contributed by atoms with Crippen molar-refractivity contribution in [1.29, 1.82) is 0 Å². The summed E-state index contributed by atoms with van der Waals surface area (Å²) in [5.41, 5.74) is 9.41. The van der Waals surface area contributed by atoms with Gasteiger partial charge in [0.2, 0.25) is 0 Å². The summed E-state index contributed by atoms with van der Waals surface area (Å²) in [5, 5.41) is 7.47. The van der Waals surface area contributed by atoms with Gasteiger partial charge in [-0.3, -0.25) is 4.68 Å². The molecule has 2 N–H and O–H groups in total. The fourth-order valence-corrected chi connectivity index (χ4v) is 3.03. The van der Waals surface area contributed by atoms with E-state index in [1.807, 2.05) is 36.9 Å². The van der Waals surface area contributed by atoms with E-state index in [9.17, 15) is 0 Å². The van der Waals surface area contributed by atoms with Gasteiger partial charge in [-0.15, -0.1) is 0 Å². The highest BCUT2D eigenvalue weighted by molar-refractivity contribution is 6.31. The first-order chi connectivity index (χ1) is 10.1. The Hall–Kier alpha value is -1.84. The minimum atomic E-state index is -0.108. The van der Waals surface area contributed by atoms with E-state index in [2.05, 4.69) is 29.4 Å². The Bertz CT molecular complexity index is 787. The highest BCUT2D eigenvalue weighted by Gasteiger charge is 2.17. The Kier molecular flexibility index (Phi) is 3.70. The van der Waals surface area contributed by atoms with Gasteiger partial charge in [0.05, 0.1) is 16.4 Å². The lowest BCUT2D eigenvalue weighted by atomic mass is 9.96. The van der Waals surface area contributed by atoms with Gasteiger partial charge >= 0.3 is 0 Å². The molecule has 1 aromatic heterocycles. The zero-order valence-corrected chi connectivity index (χ0v) is 12.9. The maximum absolute atomic E-state index is 6.44. The van der Waals surface area contributed by atoms with Crippen LogP contribution in [-0.2, 0) is 13.5 Å². The lowest BCUT2D eigenvalue weighted by Gasteiger charge is -2.15. The van der Waals surface area contributed by atoms with Crippen LogP contribution in [-0.4, -0.2) is 9.78 Å². The zero-order chi connectivity index (χ0) is 15.0. The lowest BCUT2D eigenvalue weighted by Crippen LogP contribution is -2.16. The van der Waals surface area contributed by atoms with E-state index < -0.39 is 0 Å². The summed E-state index contributed by atoms with van der Waals surface area (Å²) in [4.78, 5) is 0. The smallest absolute Gasteiger partial charge is 0.0847 e. The van der Waals surface area contributed by atoms with E-state index in [0.717, 1.165) is 17.0 Å². The van der Waals surface area contributed by atoms with E-state index in [0.29, 0.717) is 11.4 Å². The predicted octanol–water partition coefficient (Wildman–Crippen LogP) is 3.78. The van der Waals surface area contributed by atoms with Gasteiger partial charge in [0, 0.05) is 19.5 Å². The van der Waals surface area contributed by atoms with Crippen LogP contribution in [0.4, 0.5) is 0 Å². The van der Waals surface area contributed by atoms with Crippen LogP contribution in [0.3, 0.4) is 0 Å². The largest absolute Gasteiger partial charge is 0.324 e. The molecule has 1 heterocycles. The molecule has 0 amide bonds. The number of nitrogens with two attached hydrogens (primary N) is 1. The molecule has 1 atom stereocenters. The first-order valence-electron chi connectivity index (χ1n) is 6.99. The molecule has 108 valence electrons. The number of fused-ring (bicyclic) bond motifs is 1. The number of rotatable bonds is 3. The Morgan fingerprint density at radius 1 is 1.19 bits per heavy atom. The Balaban J connectivity index is 1.99. The molecular formula is C17H18ClN3. The van der Waals surface area contributed by atoms with Crippen molar-refractivity contribution in [1.82, 2.24) is 9.78 Å². The highest BCUT2D eigenvalue weighted by atomic mass is 35.5. The minimum absolute atomic E-state index is 0.108. The molecule has 0 aliphatic rings. The van der Waals surface area contributed by atoms with Gasteiger partial charge in [-0.25, -0.2) is 0 Å². The second kappa shape index (κ2) is 5.51. The average molecular weight is 300 g/mol. The van der Waals surface area contributed by atoms with Crippen molar-refractivity contribution >= 4 is 22.4 Å². The van der Waals surface area contributed by atoms with Crippen LogP contribution >= 0.6 is 11.6 Å². The first-order valence-corrected chi connectivity index (χ1v) is 7.37. The predicted molar refractivity (Wildman–Crippen MR) is 87.5 cm³/mol. The molecule has 0 saturated heterocycles. The molecule has 3 aromatic rings. The van der Waals surface area contributed by atoms with Crippen molar-refractivity contribution < 1.29 is 0 Å². The molecule has 0 spiro atoms. The van der Waals surface area contributed by atoms with Crippen molar-refractivity contribution in [2.75, 3.05) is 0 Å². The number of benzene rings is 2. The zero-order valence-electron chi connectivity index (χ0n) is 12.2. The number of aryl methyl sites for hydroxylation is 2. The third kappa shape index (κ3) is 2.55. The van der Waals surface area contributed by atoms with Crippen molar-refractivity contribution in [3.8, 4) is 0 Å². The fraction of sp³-hybridized carbons (Fsp3) is 0.235. The number of nitrogens with zero attached hydrogens (tertiary/aromatic N) is 2. The fourth-order valence-electron chi connectivity index (χ4n) is 2.79. The SMILES string of the molecule is Cc1nn(C)c(CC(N)c2cccc3ccccc23)c1Cl. The molecule has 0 fully saturated rings. The number of hydrogen-bond donors (Lipinski definition) is 1. The van der Waals surface area contributed by atoms with Gasteiger partial charge in [0.1, 0.15) is 0 Å². The molecule has 0 saturated carbocycles. The summed E-state index contributed by atoms with van der Waals surface area (Å²) in [5.74, 6) is 0. The Morgan fingerprint density at radius 2 is 1.90 bits per heavy atom.